The summed E-state index contributed by atoms with van der Waals surface area (Å²) in [6.07, 6.45) is 7.44. The Morgan fingerprint density at radius 1 is 1.33 bits per heavy atom. The first kappa shape index (κ1) is 10.4. The molecule has 0 saturated heterocycles. The van der Waals surface area contributed by atoms with Crippen molar-refractivity contribution in [3.8, 4) is 0 Å². The summed E-state index contributed by atoms with van der Waals surface area (Å²) in [7, 11) is 0. The van der Waals surface area contributed by atoms with Crippen LogP contribution in [0, 0.1) is 0 Å². The summed E-state index contributed by atoms with van der Waals surface area (Å²) in [5.74, 6) is 0. The van der Waals surface area contributed by atoms with Gasteiger partial charge in [-0.25, -0.2) is 0 Å². The largest absolute Gasteiger partial charge is 0.395 e. The van der Waals surface area contributed by atoms with E-state index < -0.39 is 0 Å². The summed E-state index contributed by atoms with van der Waals surface area (Å²) in [5, 5.41) is 12.9. The molecule has 0 atom stereocenters. The van der Waals surface area contributed by atoms with Gasteiger partial charge in [0.05, 0.1) is 6.61 Å². The van der Waals surface area contributed by atoms with E-state index in [1.54, 1.807) is 0 Å². The highest BCUT2D eigenvalue weighted by Crippen LogP contribution is 2.26. The molecule has 0 unspecified atom stereocenters. The van der Waals surface area contributed by atoms with Crippen molar-refractivity contribution in [3.05, 3.63) is 0 Å². The Hall–Kier alpha value is 0.270. The minimum atomic E-state index is 0.266. The van der Waals surface area contributed by atoms with Crippen LogP contribution in [0.5, 0.6) is 0 Å². The molecule has 2 N–H and O–H groups in total. The number of rotatable bonds is 4. The van der Waals surface area contributed by atoms with Crippen LogP contribution in [0.15, 0.2) is 0 Å². The van der Waals surface area contributed by atoms with Gasteiger partial charge in [0.25, 0.3) is 0 Å². The van der Waals surface area contributed by atoms with Gasteiger partial charge < -0.3 is 10.4 Å². The van der Waals surface area contributed by atoms with E-state index in [4.69, 9.17) is 5.11 Å². The Labute approximate surface area is 79.1 Å². The van der Waals surface area contributed by atoms with Crippen LogP contribution in [0.25, 0.3) is 0 Å². The summed E-state index contributed by atoms with van der Waals surface area (Å²) in [5.41, 5.74) is 0. The van der Waals surface area contributed by atoms with Gasteiger partial charge >= 0.3 is 0 Å². The topological polar surface area (TPSA) is 32.3 Å². The van der Waals surface area contributed by atoms with E-state index in [9.17, 15) is 0 Å². The van der Waals surface area contributed by atoms with E-state index in [0.717, 1.165) is 11.8 Å². The van der Waals surface area contributed by atoms with Gasteiger partial charge in [-0.1, -0.05) is 0 Å². The van der Waals surface area contributed by atoms with Crippen LogP contribution in [0.1, 0.15) is 25.7 Å². The van der Waals surface area contributed by atoms with E-state index >= 15 is 0 Å². The van der Waals surface area contributed by atoms with E-state index in [1.165, 1.54) is 25.7 Å². The summed E-state index contributed by atoms with van der Waals surface area (Å²) in [6.45, 7) is 1.02. The lowest BCUT2D eigenvalue weighted by Gasteiger charge is -2.27. The quantitative estimate of drug-likeness (QED) is 0.698. The molecular formula is C9H19NOS. The van der Waals surface area contributed by atoms with Gasteiger partial charge in [-0.05, 0) is 31.9 Å². The molecule has 0 aromatic heterocycles. The van der Waals surface area contributed by atoms with Gasteiger partial charge in [0, 0.05) is 17.8 Å². The molecule has 3 heteroatoms. The van der Waals surface area contributed by atoms with Crippen molar-refractivity contribution < 1.29 is 5.11 Å². The molecule has 2 nitrogen and oxygen atoms in total. The highest BCUT2D eigenvalue weighted by atomic mass is 32.2. The van der Waals surface area contributed by atoms with Crippen LogP contribution in [-0.4, -0.2) is 35.8 Å². The molecule has 1 fully saturated rings. The molecule has 0 amide bonds. The number of hydrogen-bond donors (Lipinski definition) is 2. The maximum Gasteiger partial charge on any atom is 0.0556 e. The average Bonchev–Trinajstić information content (AvgIpc) is 2.15. The molecular weight excluding hydrogens is 170 g/mol. The van der Waals surface area contributed by atoms with Crippen LogP contribution in [0.3, 0.4) is 0 Å². The molecule has 0 bridgehead atoms. The van der Waals surface area contributed by atoms with E-state index in [-0.39, 0.29) is 6.61 Å². The smallest absolute Gasteiger partial charge is 0.0556 e. The van der Waals surface area contributed by atoms with Crippen molar-refractivity contribution >= 4 is 11.8 Å². The summed E-state index contributed by atoms with van der Waals surface area (Å²) < 4.78 is 0. The predicted octanol–water partition coefficient (Wildman–Crippen LogP) is 1.24. The number of thioether (sulfide) groups is 1. The van der Waals surface area contributed by atoms with Crippen molar-refractivity contribution in [2.45, 2.75) is 37.0 Å². The minimum Gasteiger partial charge on any atom is -0.395 e. The Bertz CT molecular complexity index is 113. The number of aliphatic hydroxyl groups excluding tert-OH is 1. The second-order valence-corrected chi connectivity index (χ2v) is 4.53. The first-order chi connectivity index (χ1) is 5.86. The van der Waals surface area contributed by atoms with E-state index in [1.807, 2.05) is 11.8 Å². The lowest BCUT2D eigenvalue weighted by atomic mass is 9.95. The van der Waals surface area contributed by atoms with Crippen LogP contribution < -0.4 is 5.32 Å². The van der Waals surface area contributed by atoms with Crippen molar-refractivity contribution in [3.63, 3.8) is 0 Å². The van der Waals surface area contributed by atoms with Crippen LogP contribution in [0.2, 0.25) is 0 Å². The van der Waals surface area contributed by atoms with Crippen molar-refractivity contribution in [1.82, 2.24) is 5.32 Å². The molecule has 0 spiro atoms. The first-order valence-corrected chi connectivity index (χ1v) is 6.02. The van der Waals surface area contributed by atoms with Crippen molar-refractivity contribution in [1.29, 1.82) is 0 Å². The lowest BCUT2D eigenvalue weighted by molar-refractivity contribution is 0.272. The maximum atomic E-state index is 8.63. The zero-order valence-corrected chi connectivity index (χ0v) is 8.57. The van der Waals surface area contributed by atoms with Gasteiger partial charge in [0.1, 0.15) is 0 Å². The number of nitrogens with one attached hydrogen (secondary N) is 1. The zero-order valence-electron chi connectivity index (χ0n) is 7.75. The maximum absolute atomic E-state index is 8.63. The highest BCUT2D eigenvalue weighted by Gasteiger charge is 2.19. The summed E-state index contributed by atoms with van der Waals surface area (Å²) >= 11 is 1.99. The fourth-order valence-corrected chi connectivity index (χ4v) is 2.51. The van der Waals surface area contributed by atoms with Crippen molar-refractivity contribution in [2.24, 2.45) is 0 Å². The van der Waals surface area contributed by atoms with Gasteiger partial charge in [0.2, 0.25) is 0 Å². The third-order valence-corrected chi connectivity index (χ3v) is 3.69. The Balaban J connectivity index is 2.09. The third-order valence-electron chi connectivity index (χ3n) is 2.55. The predicted molar refractivity (Wildman–Crippen MR) is 54.6 cm³/mol. The Morgan fingerprint density at radius 2 is 2.00 bits per heavy atom. The molecule has 1 saturated carbocycles. The van der Waals surface area contributed by atoms with Gasteiger partial charge in [-0.2, -0.15) is 11.8 Å². The Kier molecular flexibility index (Phi) is 5.04. The van der Waals surface area contributed by atoms with E-state index in [0.29, 0.717) is 6.04 Å². The average molecular weight is 189 g/mol. The fraction of sp³-hybridized carbons (Fsp3) is 1.00. The van der Waals surface area contributed by atoms with Gasteiger partial charge in [-0.3, -0.25) is 0 Å². The number of aliphatic hydroxyl groups is 1. The molecule has 0 heterocycles. The monoisotopic (exact) mass is 189 g/mol. The molecule has 1 rings (SSSR count). The molecule has 0 radical (unpaired) electrons. The molecule has 12 heavy (non-hydrogen) atoms. The molecule has 0 aromatic carbocycles. The highest BCUT2D eigenvalue weighted by molar-refractivity contribution is 7.99. The van der Waals surface area contributed by atoms with Gasteiger partial charge in [0.15, 0.2) is 0 Å². The van der Waals surface area contributed by atoms with Crippen LogP contribution in [0.4, 0.5) is 0 Å². The molecule has 0 aromatic rings. The lowest BCUT2D eigenvalue weighted by Crippen LogP contribution is -2.35. The normalized spacial score (nSPS) is 30.5. The standard InChI is InChI=1S/C9H19NOS/c1-12-9-4-2-8(3-5-9)10-6-7-11/h8-11H,2-7H2,1H3. The van der Waals surface area contributed by atoms with Crippen molar-refractivity contribution in [2.75, 3.05) is 19.4 Å². The van der Waals surface area contributed by atoms with E-state index in [2.05, 4.69) is 11.6 Å². The first-order valence-electron chi connectivity index (χ1n) is 4.74. The number of hydrogen-bond acceptors (Lipinski definition) is 3. The molecule has 1 aliphatic rings. The Morgan fingerprint density at radius 3 is 2.50 bits per heavy atom. The van der Waals surface area contributed by atoms with Gasteiger partial charge in [-0.15, -0.1) is 0 Å². The summed E-state index contributed by atoms with van der Waals surface area (Å²) in [6, 6.07) is 0.667. The zero-order chi connectivity index (χ0) is 8.81. The van der Waals surface area contributed by atoms with Crippen LogP contribution >= 0.6 is 11.8 Å². The molecule has 72 valence electrons. The second kappa shape index (κ2) is 5.84. The minimum absolute atomic E-state index is 0.266. The third kappa shape index (κ3) is 3.33. The second-order valence-electron chi connectivity index (χ2n) is 3.39. The SMILES string of the molecule is CSC1CCC(NCCO)CC1. The molecule has 1 aliphatic carbocycles. The fourth-order valence-electron chi connectivity index (χ4n) is 1.77. The van der Waals surface area contributed by atoms with Crippen LogP contribution in [-0.2, 0) is 0 Å². The molecule has 0 aliphatic heterocycles. The summed E-state index contributed by atoms with van der Waals surface area (Å²) in [4.78, 5) is 0.